The Morgan fingerprint density at radius 1 is 1.17 bits per heavy atom. The molecule has 0 aliphatic carbocycles. The average molecular weight is 248 g/mol. The average Bonchev–Trinajstić information content (AvgIpc) is 2.36. The van der Waals surface area contributed by atoms with Crippen molar-refractivity contribution < 1.29 is 0 Å². The maximum Gasteiger partial charge on any atom is 0.0412 e. The summed E-state index contributed by atoms with van der Waals surface area (Å²) in [6.45, 7) is 11.1. The molecule has 0 aliphatic heterocycles. The first-order valence-corrected chi connectivity index (χ1v) is 7.09. The quantitative estimate of drug-likeness (QED) is 0.788. The highest BCUT2D eigenvalue weighted by Gasteiger charge is 2.12. The van der Waals surface area contributed by atoms with E-state index >= 15 is 0 Å². The third-order valence-electron chi connectivity index (χ3n) is 3.37. The molecule has 1 atom stereocenters. The molecule has 1 rings (SSSR count). The van der Waals surface area contributed by atoms with Crippen LogP contribution < -0.4 is 10.2 Å². The van der Waals surface area contributed by atoms with Crippen molar-refractivity contribution in [3.8, 4) is 0 Å². The molecule has 2 heteroatoms. The molecule has 1 aromatic rings. The van der Waals surface area contributed by atoms with E-state index in [1.54, 1.807) is 0 Å². The van der Waals surface area contributed by atoms with Gasteiger partial charge in [0.25, 0.3) is 0 Å². The van der Waals surface area contributed by atoms with Crippen LogP contribution in [0.2, 0.25) is 0 Å². The van der Waals surface area contributed by atoms with E-state index in [1.165, 1.54) is 17.7 Å². The summed E-state index contributed by atoms with van der Waals surface area (Å²) in [6.07, 6.45) is 1.24. The van der Waals surface area contributed by atoms with E-state index in [1.807, 2.05) is 0 Å². The SMILES string of the molecule is CCNC(C)c1ccccc1N(C)CCC(C)C. The minimum atomic E-state index is 0.410. The number of nitrogens with zero attached hydrogens (tertiary/aromatic N) is 1. The first kappa shape index (κ1) is 15.0. The molecule has 0 saturated heterocycles. The predicted octanol–water partition coefficient (Wildman–Crippen LogP) is 3.84. The fourth-order valence-corrected chi connectivity index (χ4v) is 2.19. The molecule has 0 radical (unpaired) electrons. The molecule has 0 aromatic heterocycles. The third-order valence-corrected chi connectivity index (χ3v) is 3.37. The van der Waals surface area contributed by atoms with Gasteiger partial charge in [-0.3, -0.25) is 0 Å². The maximum atomic E-state index is 3.50. The van der Waals surface area contributed by atoms with Gasteiger partial charge in [0.15, 0.2) is 0 Å². The summed E-state index contributed by atoms with van der Waals surface area (Å²) in [5.41, 5.74) is 2.75. The lowest BCUT2D eigenvalue weighted by atomic mass is 10.0. The highest BCUT2D eigenvalue weighted by Crippen LogP contribution is 2.25. The van der Waals surface area contributed by atoms with Crippen molar-refractivity contribution in [2.45, 2.75) is 40.2 Å². The Kier molecular flexibility index (Phi) is 6.20. The summed E-state index contributed by atoms with van der Waals surface area (Å²) >= 11 is 0. The minimum Gasteiger partial charge on any atom is -0.374 e. The summed E-state index contributed by atoms with van der Waals surface area (Å²) in [7, 11) is 2.19. The normalized spacial score (nSPS) is 12.8. The number of para-hydroxylation sites is 1. The predicted molar refractivity (Wildman–Crippen MR) is 81.3 cm³/mol. The van der Waals surface area contributed by atoms with E-state index in [-0.39, 0.29) is 0 Å². The highest BCUT2D eigenvalue weighted by molar-refractivity contribution is 5.54. The molecule has 0 fully saturated rings. The van der Waals surface area contributed by atoms with Crippen LogP contribution in [0.5, 0.6) is 0 Å². The molecule has 0 spiro atoms. The van der Waals surface area contributed by atoms with Gasteiger partial charge in [0, 0.05) is 25.3 Å². The molecule has 1 aromatic carbocycles. The number of nitrogens with one attached hydrogen (secondary N) is 1. The van der Waals surface area contributed by atoms with E-state index < -0.39 is 0 Å². The summed E-state index contributed by atoms with van der Waals surface area (Å²) < 4.78 is 0. The Balaban J connectivity index is 2.80. The highest BCUT2D eigenvalue weighted by atomic mass is 15.1. The Morgan fingerprint density at radius 3 is 2.44 bits per heavy atom. The lowest BCUT2D eigenvalue weighted by Gasteiger charge is -2.26. The molecule has 1 unspecified atom stereocenters. The Hall–Kier alpha value is -1.02. The molecule has 0 saturated carbocycles. The standard InChI is InChI=1S/C16H28N2/c1-6-17-14(4)15-9-7-8-10-16(15)18(5)12-11-13(2)3/h7-10,13-14,17H,6,11-12H2,1-5H3. The number of hydrogen-bond donors (Lipinski definition) is 1. The van der Waals surface area contributed by atoms with Crippen molar-refractivity contribution in [3.05, 3.63) is 29.8 Å². The molecule has 0 amide bonds. The van der Waals surface area contributed by atoms with Crippen molar-refractivity contribution in [2.75, 3.05) is 25.0 Å². The van der Waals surface area contributed by atoms with Gasteiger partial charge in [0.05, 0.1) is 0 Å². The van der Waals surface area contributed by atoms with Crippen LogP contribution in [0.25, 0.3) is 0 Å². The van der Waals surface area contributed by atoms with Gasteiger partial charge in [-0.2, -0.15) is 0 Å². The summed E-state index contributed by atoms with van der Waals surface area (Å²) in [6, 6.07) is 9.12. The first-order valence-electron chi connectivity index (χ1n) is 7.09. The maximum absolute atomic E-state index is 3.50. The van der Waals surface area contributed by atoms with Crippen LogP contribution in [-0.2, 0) is 0 Å². The number of rotatable bonds is 7. The fourth-order valence-electron chi connectivity index (χ4n) is 2.19. The van der Waals surface area contributed by atoms with Gasteiger partial charge >= 0.3 is 0 Å². The van der Waals surface area contributed by atoms with Gasteiger partial charge in [0.2, 0.25) is 0 Å². The summed E-state index contributed by atoms with van der Waals surface area (Å²) in [5, 5.41) is 3.50. The molecular weight excluding hydrogens is 220 g/mol. The molecule has 18 heavy (non-hydrogen) atoms. The van der Waals surface area contributed by atoms with Crippen LogP contribution in [-0.4, -0.2) is 20.1 Å². The van der Waals surface area contributed by atoms with E-state index in [9.17, 15) is 0 Å². The summed E-state index contributed by atoms with van der Waals surface area (Å²) in [5.74, 6) is 0.755. The van der Waals surface area contributed by atoms with Crippen LogP contribution in [0.4, 0.5) is 5.69 Å². The van der Waals surface area contributed by atoms with Crippen molar-refractivity contribution >= 4 is 5.69 Å². The second kappa shape index (κ2) is 7.42. The smallest absolute Gasteiger partial charge is 0.0412 e. The van der Waals surface area contributed by atoms with Gasteiger partial charge in [-0.15, -0.1) is 0 Å². The van der Waals surface area contributed by atoms with Gasteiger partial charge in [0.1, 0.15) is 0 Å². The van der Waals surface area contributed by atoms with Crippen LogP contribution in [0.3, 0.4) is 0 Å². The Labute approximate surface area is 112 Å². The molecule has 102 valence electrons. The lowest BCUT2D eigenvalue weighted by Crippen LogP contribution is -2.24. The molecular formula is C16H28N2. The van der Waals surface area contributed by atoms with Crippen molar-refractivity contribution in [2.24, 2.45) is 5.92 Å². The van der Waals surface area contributed by atoms with Crippen molar-refractivity contribution in [1.82, 2.24) is 5.32 Å². The Morgan fingerprint density at radius 2 is 1.83 bits per heavy atom. The fraction of sp³-hybridized carbons (Fsp3) is 0.625. The third kappa shape index (κ3) is 4.34. The second-order valence-corrected chi connectivity index (χ2v) is 5.44. The van der Waals surface area contributed by atoms with Crippen LogP contribution >= 0.6 is 0 Å². The zero-order valence-corrected chi connectivity index (χ0v) is 12.5. The number of anilines is 1. The Bertz CT molecular complexity index is 347. The molecule has 2 nitrogen and oxygen atoms in total. The monoisotopic (exact) mass is 248 g/mol. The largest absolute Gasteiger partial charge is 0.374 e. The van der Waals surface area contributed by atoms with Crippen LogP contribution in [0.1, 0.15) is 45.7 Å². The van der Waals surface area contributed by atoms with Gasteiger partial charge in [-0.05, 0) is 37.4 Å². The van der Waals surface area contributed by atoms with Gasteiger partial charge < -0.3 is 10.2 Å². The first-order chi connectivity index (χ1) is 8.56. The molecule has 0 aliphatic rings. The van der Waals surface area contributed by atoms with Crippen molar-refractivity contribution in [1.29, 1.82) is 0 Å². The lowest BCUT2D eigenvalue weighted by molar-refractivity contribution is 0.576. The van der Waals surface area contributed by atoms with Crippen LogP contribution in [0.15, 0.2) is 24.3 Å². The van der Waals surface area contributed by atoms with E-state index in [2.05, 4.69) is 69.2 Å². The van der Waals surface area contributed by atoms with Gasteiger partial charge in [-0.1, -0.05) is 39.0 Å². The molecule has 0 bridgehead atoms. The van der Waals surface area contributed by atoms with E-state index in [4.69, 9.17) is 0 Å². The summed E-state index contributed by atoms with van der Waals surface area (Å²) in [4.78, 5) is 2.38. The van der Waals surface area contributed by atoms with Gasteiger partial charge in [-0.25, -0.2) is 0 Å². The minimum absolute atomic E-state index is 0.410. The van der Waals surface area contributed by atoms with E-state index in [0.717, 1.165) is 19.0 Å². The zero-order chi connectivity index (χ0) is 13.5. The van der Waals surface area contributed by atoms with E-state index in [0.29, 0.717) is 6.04 Å². The second-order valence-electron chi connectivity index (χ2n) is 5.44. The zero-order valence-electron chi connectivity index (χ0n) is 12.5. The topological polar surface area (TPSA) is 15.3 Å². The number of hydrogen-bond acceptors (Lipinski definition) is 2. The van der Waals surface area contributed by atoms with Crippen molar-refractivity contribution in [3.63, 3.8) is 0 Å². The molecule has 0 heterocycles. The number of benzene rings is 1. The molecule has 1 N–H and O–H groups in total. The van der Waals surface area contributed by atoms with Crippen LogP contribution in [0, 0.1) is 5.92 Å².